The summed E-state index contributed by atoms with van der Waals surface area (Å²) in [4.78, 5) is 11.3. The van der Waals surface area contributed by atoms with Gasteiger partial charge in [0.15, 0.2) is 11.4 Å². The van der Waals surface area contributed by atoms with Gasteiger partial charge in [0.1, 0.15) is 23.4 Å². The average molecular weight is 555 g/mol. The summed E-state index contributed by atoms with van der Waals surface area (Å²) in [6.45, 7) is 1.31. The first kappa shape index (κ1) is 26.4. The first-order valence-electron chi connectivity index (χ1n) is 13.3. The van der Waals surface area contributed by atoms with Crippen LogP contribution in [0.25, 0.3) is 16.8 Å². The Morgan fingerprint density at radius 3 is 2.80 bits per heavy atom. The number of rotatable bonds is 9. The van der Waals surface area contributed by atoms with E-state index < -0.39 is 24.2 Å². The van der Waals surface area contributed by atoms with Crippen LogP contribution in [0, 0.1) is 11.3 Å². The molecular weight excluding hydrogens is 525 g/mol. The Kier molecular flexibility index (Phi) is 7.01. The molecule has 0 aliphatic carbocycles. The molecule has 3 aliphatic rings. The number of hydrogen-bond acceptors (Lipinski definition) is 10. The van der Waals surface area contributed by atoms with Gasteiger partial charge in [-0.15, -0.1) is 5.10 Å². The number of pyridine rings is 1. The number of piperidine rings is 1. The summed E-state index contributed by atoms with van der Waals surface area (Å²) in [5.41, 5.74) is 2.71. The van der Waals surface area contributed by atoms with Gasteiger partial charge in [-0.1, -0.05) is 0 Å². The Balaban J connectivity index is 1.21. The van der Waals surface area contributed by atoms with Crippen LogP contribution in [-0.4, -0.2) is 82.0 Å². The number of halogens is 3. The summed E-state index contributed by atoms with van der Waals surface area (Å²) in [5, 5.41) is 28.8. The fourth-order valence-corrected chi connectivity index (χ4v) is 5.50. The first-order valence-corrected chi connectivity index (χ1v) is 13.3. The molecule has 2 saturated heterocycles. The summed E-state index contributed by atoms with van der Waals surface area (Å²) in [5.74, 6) is 0.811. The van der Waals surface area contributed by atoms with E-state index in [1.807, 2.05) is 23.1 Å². The van der Waals surface area contributed by atoms with E-state index in [1.54, 1.807) is 17.8 Å². The van der Waals surface area contributed by atoms with E-state index in [0.29, 0.717) is 67.4 Å². The molecule has 0 aromatic carbocycles. The number of hydrogen-bond donors (Lipinski definition) is 2. The molecule has 3 aliphatic heterocycles. The number of azo groups is 1. The molecule has 2 fully saturated rings. The van der Waals surface area contributed by atoms with Crippen LogP contribution in [0.15, 0.2) is 34.6 Å². The van der Waals surface area contributed by atoms with Crippen molar-refractivity contribution in [2.24, 2.45) is 10.2 Å². The van der Waals surface area contributed by atoms with E-state index in [4.69, 9.17) is 9.72 Å². The molecule has 0 spiro atoms. The van der Waals surface area contributed by atoms with Crippen molar-refractivity contribution < 1.29 is 17.9 Å². The highest BCUT2D eigenvalue weighted by molar-refractivity contribution is 5.87. The van der Waals surface area contributed by atoms with Crippen molar-refractivity contribution in [2.75, 3.05) is 44.0 Å². The van der Waals surface area contributed by atoms with Crippen LogP contribution in [0.2, 0.25) is 0 Å². The van der Waals surface area contributed by atoms with Crippen LogP contribution >= 0.6 is 0 Å². The highest BCUT2D eigenvalue weighted by Crippen LogP contribution is 2.40. The Labute approximate surface area is 228 Å². The number of alkyl halides is 3. The number of anilines is 2. The number of nitrogens with zero attached hydrogens (tertiary/aromatic N) is 8. The standard InChI is InChI=1S/C26H29F3N10O/c1-31-24-23-15(17-5-6-20-22(32-17)19(35-36-20)3-2-4-21(28)29)7-10-39(23)37-25(34-24)33-18-8-9-38(11-16(18)27)26(12-30)13-40-14-26/h5-7,10,16,18-19,21H,2-4,8-9,11,13-14H2,1H3,(H2,31,33,34,37)/t16-,18+,19?/m1/s1. The maximum atomic E-state index is 15.2. The Bertz CT molecular complexity index is 1470. The maximum absolute atomic E-state index is 15.2. The lowest BCUT2D eigenvalue weighted by molar-refractivity contribution is -0.121. The first-order chi connectivity index (χ1) is 19.4. The van der Waals surface area contributed by atoms with Gasteiger partial charge in [0, 0.05) is 38.3 Å². The van der Waals surface area contributed by atoms with Gasteiger partial charge in [-0.2, -0.15) is 20.5 Å². The van der Waals surface area contributed by atoms with Crippen molar-refractivity contribution in [3.63, 3.8) is 0 Å². The molecule has 3 atom stereocenters. The minimum atomic E-state index is -2.34. The zero-order chi connectivity index (χ0) is 27.9. The molecule has 6 rings (SSSR count). The van der Waals surface area contributed by atoms with Crippen molar-refractivity contribution in [1.82, 2.24) is 24.5 Å². The van der Waals surface area contributed by atoms with Gasteiger partial charge in [-0.25, -0.2) is 22.7 Å². The van der Waals surface area contributed by atoms with Gasteiger partial charge in [0.05, 0.1) is 36.7 Å². The van der Waals surface area contributed by atoms with Crippen LogP contribution in [-0.2, 0) is 4.74 Å². The molecule has 3 aromatic rings. The number of nitrogens with one attached hydrogen (secondary N) is 2. The Morgan fingerprint density at radius 1 is 1.25 bits per heavy atom. The molecular formula is C26H29F3N10O. The lowest BCUT2D eigenvalue weighted by Gasteiger charge is -2.48. The second-order valence-electron chi connectivity index (χ2n) is 10.3. The zero-order valence-corrected chi connectivity index (χ0v) is 21.9. The predicted octanol–water partition coefficient (Wildman–Crippen LogP) is 4.52. The molecule has 0 radical (unpaired) electrons. The van der Waals surface area contributed by atoms with E-state index in [1.165, 1.54) is 0 Å². The van der Waals surface area contributed by atoms with Crippen LogP contribution in [0.1, 0.15) is 37.4 Å². The number of fused-ring (bicyclic) bond motifs is 2. The van der Waals surface area contributed by atoms with Crippen molar-refractivity contribution >= 4 is 23.0 Å². The third kappa shape index (κ3) is 4.73. The molecule has 40 heavy (non-hydrogen) atoms. The van der Waals surface area contributed by atoms with Crippen LogP contribution in [0.5, 0.6) is 0 Å². The Morgan fingerprint density at radius 2 is 2.10 bits per heavy atom. The minimum absolute atomic E-state index is 0.134. The van der Waals surface area contributed by atoms with Crippen molar-refractivity contribution in [2.45, 2.75) is 55.9 Å². The van der Waals surface area contributed by atoms with Gasteiger partial charge in [0.2, 0.25) is 12.4 Å². The molecule has 3 aromatic heterocycles. The fraction of sp³-hybridized carbons (Fsp3) is 0.538. The van der Waals surface area contributed by atoms with Crippen LogP contribution < -0.4 is 10.6 Å². The summed E-state index contributed by atoms with van der Waals surface area (Å²) in [7, 11) is 1.74. The van der Waals surface area contributed by atoms with Crippen molar-refractivity contribution in [3.8, 4) is 17.3 Å². The third-order valence-electron chi connectivity index (χ3n) is 7.80. The largest absolute Gasteiger partial charge is 0.375 e. The van der Waals surface area contributed by atoms with Gasteiger partial charge in [-0.3, -0.25) is 4.90 Å². The van der Waals surface area contributed by atoms with E-state index in [2.05, 4.69) is 37.0 Å². The molecule has 0 amide bonds. The number of aromatic nitrogens is 4. The second kappa shape index (κ2) is 10.6. The summed E-state index contributed by atoms with van der Waals surface area (Å²) < 4.78 is 47.3. The average Bonchev–Trinajstić information content (AvgIpc) is 3.53. The van der Waals surface area contributed by atoms with Gasteiger partial charge >= 0.3 is 0 Å². The molecule has 210 valence electrons. The third-order valence-corrected chi connectivity index (χ3v) is 7.80. The zero-order valence-electron chi connectivity index (χ0n) is 21.9. The predicted molar refractivity (Wildman–Crippen MR) is 141 cm³/mol. The normalized spacial score (nSPS) is 23.6. The molecule has 0 bridgehead atoms. The van der Waals surface area contributed by atoms with Crippen molar-refractivity contribution in [1.29, 1.82) is 5.26 Å². The van der Waals surface area contributed by atoms with E-state index in [0.717, 1.165) is 5.56 Å². The SMILES string of the molecule is CNc1nc(N[C@H]2CCN(C3(C#N)COC3)C[C@H]2F)nn2ccc(-c3ccc4c(n3)C(CCCC(F)F)N=N4)c12. The highest BCUT2D eigenvalue weighted by atomic mass is 19.3. The topological polar surface area (TPSA) is 128 Å². The lowest BCUT2D eigenvalue weighted by Crippen LogP contribution is -2.65. The monoisotopic (exact) mass is 554 g/mol. The van der Waals surface area contributed by atoms with Crippen LogP contribution in [0.3, 0.4) is 0 Å². The van der Waals surface area contributed by atoms with E-state index >= 15 is 4.39 Å². The number of nitriles is 1. The quantitative estimate of drug-likeness (QED) is 0.395. The fourth-order valence-electron chi connectivity index (χ4n) is 5.50. The second-order valence-corrected chi connectivity index (χ2v) is 10.3. The van der Waals surface area contributed by atoms with Gasteiger partial charge < -0.3 is 15.4 Å². The molecule has 14 heteroatoms. The van der Waals surface area contributed by atoms with Crippen molar-refractivity contribution in [3.05, 3.63) is 30.1 Å². The van der Waals surface area contributed by atoms with Gasteiger partial charge in [0.25, 0.3) is 0 Å². The van der Waals surface area contributed by atoms with Crippen LogP contribution in [0.4, 0.5) is 30.6 Å². The summed E-state index contributed by atoms with van der Waals surface area (Å²) in [6, 6.07) is 6.97. The smallest absolute Gasteiger partial charge is 0.243 e. The number of ether oxygens (including phenoxy) is 1. The molecule has 6 heterocycles. The maximum Gasteiger partial charge on any atom is 0.243 e. The van der Waals surface area contributed by atoms with Gasteiger partial charge in [-0.05, 0) is 37.5 Å². The summed E-state index contributed by atoms with van der Waals surface area (Å²) >= 11 is 0. The molecule has 1 unspecified atom stereocenters. The van der Waals surface area contributed by atoms with E-state index in [9.17, 15) is 14.0 Å². The molecule has 0 saturated carbocycles. The molecule has 11 nitrogen and oxygen atoms in total. The highest BCUT2D eigenvalue weighted by Gasteiger charge is 2.48. The molecule has 2 N–H and O–H groups in total. The Hall–Kier alpha value is -3.83. The van der Waals surface area contributed by atoms with E-state index in [-0.39, 0.29) is 25.0 Å². The minimum Gasteiger partial charge on any atom is -0.375 e. The number of likely N-dealkylation sites (tertiary alicyclic amines) is 1. The summed E-state index contributed by atoms with van der Waals surface area (Å²) in [6.07, 6.45) is -0.670. The lowest BCUT2D eigenvalue weighted by atomic mass is 9.92.